The molecular formula is C16H14ClN3O2. The number of carbonyl (C=O) groups is 1. The molecule has 0 radical (unpaired) electrons. The summed E-state index contributed by atoms with van der Waals surface area (Å²) in [5, 5.41) is 5.66. The molecule has 2 heterocycles. The van der Waals surface area contributed by atoms with Crippen LogP contribution in [0.2, 0.25) is 5.02 Å². The van der Waals surface area contributed by atoms with Crippen molar-refractivity contribution in [3.8, 4) is 5.69 Å². The highest BCUT2D eigenvalue weighted by Crippen LogP contribution is 2.28. The molecule has 0 unspecified atom stereocenters. The number of benzene rings is 1. The van der Waals surface area contributed by atoms with Crippen molar-refractivity contribution in [3.05, 3.63) is 52.8 Å². The molecule has 6 heteroatoms. The summed E-state index contributed by atoms with van der Waals surface area (Å²) in [5.41, 5.74) is 2.33. The smallest absolute Gasteiger partial charge is 0.357 e. The molecule has 0 aliphatic carbocycles. The summed E-state index contributed by atoms with van der Waals surface area (Å²) in [6.07, 6.45) is 0. The first-order valence-corrected chi connectivity index (χ1v) is 7.28. The second-order valence-electron chi connectivity index (χ2n) is 4.74. The number of esters is 1. The molecule has 3 aromatic rings. The lowest BCUT2D eigenvalue weighted by Crippen LogP contribution is -2.08. The molecule has 1 aromatic carbocycles. The lowest BCUT2D eigenvalue weighted by atomic mass is 10.2. The van der Waals surface area contributed by atoms with Gasteiger partial charge in [-0.05, 0) is 32.0 Å². The first-order valence-electron chi connectivity index (χ1n) is 6.90. The standard InChI is InChI=1S/C16H14ClN3O2/c1-3-22-16(21)13-9-12(17)14-10(2)19-20(15(14)18-13)11-7-5-4-6-8-11/h4-9H,3H2,1-2H3. The molecule has 2 aromatic heterocycles. The minimum atomic E-state index is -0.496. The van der Waals surface area contributed by atoms with Crippen LogP contribution in [0.25, 0.3) is 16.7 Å². The number of carbonyl (C=O) groups excluding carboxylic acids is 1. The van der Waals surface area contributed by atoms with Crippen LogP contribution in [0.5, 0.6) is 0 Å². The van der Waals surface area contributed by atoms with Gasteiger partial charge in [0.1, 0.15) is 0 Å². The summed E-state index contributed by atoms with van der Waals surface area (Å²) < 4.78 is 6.67. The normalized spacial score (nSPS) is 10.9. The second-order valence-corrected chi connectivity index (χ2v) is 5.15. The van der Waals surface area contributed by atoms with Gasteiger partial charge >= 0.3 is 5.97 Å². The van der Waals surface area contributed by atoms with E-state index in [0.29, 0.717) is 10.7 Å². The maximum atomic E-state index is 11.9. The van der Waals surface area contributed by atoms with Crippen molar-refractivity contribution in [1.82, 2.24) is 14.8 Å². The van der Waals surface area contributed by atoms with Gasteiger partial charge in [0.25, 0.3) is 0 Å². The van der Waals surface area contributed by atoms with Gasteiger partial charge in [-0.3, -0.25) is 0 Å². The summed E-state index contributed by atoms with van der Waals surface area (Å²) in [4.78, 5) is 16.3. The van der Waals surface area contributed by atoms with Crippen LogP contribution >= 0.6 is 11.6 Å². The first-order chi connectivity index (χ1) is 10.6. The molecule has 0 aliphatic heterocycles. The third-order valence-corrected chi connectivity index (χ3v) is 3.55. The largest absolute Gasteiger partial charge is 0.461 e. The molecule has 3 rings (SSSR count). The number of aromatic nitrogens is 3. The van der Waals surface area contributed by atoms with E-state index < -0.39 is 5.97 Å². The minimum absolute atomic E-state index is 0.177. The molecule has 0 amide bonds. The van der Waals surface area contributed by atoms with E-state index in [1.165, 1.54) is 6.07 Å². The van der Waals surface area contributed by atoms with Crippen molar-refractivity contribution in [2.24, 2.45) is 0 Å². The van der Waals surface area contributed by atoms with Crippen LogP contribution in [-0.4, -0.2) is 27.3 Å². The Morgan fingerprint density at radius 2 is 2.05 bits per heavy atom. The maximum absolute atomic E-state index is 11.9. The zero-order valence-electron chi connectivity index (χ0n) is 12.2. The highest BCUT2D eigenvalue weighted by Gasteiger charge is 2.18. The number of hydrogen-bond donors (Lipinski definition) is 0. The Kier molecular flexibility index (Phi) is 3.81. The molecular weight excluding hydrogens is 302 g/mol. The topological polar surface area (TPSA) is 57.0 Å². The predicted molar refractivity (Wildman–Crippen MR) is 84.6 cm³/mol. The first kappa shape index (κ1) is 14.5. The molecule has 0 N–H and O–H groups in total. The average Bonchev–Trinajstić information content (AvgIpc) is 2.86. The summed E-state index contributed by atoms with van der Waals surface area (Å²) >= 11 is 6.31. The Labute approximate surface area is 132 Å². The molecule has 0 saturated carbocycles. The second kappa shape index (κ2) is 5.77. The van der Waals surface area contributed by atoms with Gasteiger partial charge in [-0.25, -0.2) is 14.5 Å². The number of pyridine rings is 1. The summed E-state index contributed by atoms with van der Waals surface area (Å²) in [6.45, 7) is 3.89. The Hall–Kier alpha value is -2.40. The predicted octanol–water partition coefficient (Wildman–Crippen LogP) is 3.56. The monoisotopic (exact) mass is 315 g/mol. The van der Waals surface area contributed by atoms with E-state index in [-0.39, 0.29) is 12.3 Å². The highest BCUT2D eigenvalue weighted by atomic mass is 35.5. The van der Waals surface area contributed by atoms with Gasteiger partial charge in [0.15, 0.2) is 11.3 Å². The van der Waals surface area contributed by atoms with Gasteiger partial charge in [-0.1, -0.05) is 29.8 Å². The van der Waals surface area contributed by atoms with Crippen LogP contribution in [0.3, 0.4) is 0 Å². The highest BCUT2D eigenvalue weighted by molar-refractivity contribution is 6.35. The SMILES string of the molecule is CCOC(=O)c1cc(Cl)c2c(C)nn(-c3ccccc3)c2n1. The van der Waals surface area contributed by atoms with E-state index in [9.17, 15) is 4.79 Å². The Morgan fingerprint density at radius 1 is 1.32 bits per heavy atom. The lowest BCUT2D eigenvalue weighted by Gasteiger charge is -2.05. The fourth-order valence-electron chi connectivity index (χ4n) is 2.30. The van der Waals surface area contributed by atoms with Crippen LogP contribution in [0.4, 0.5) is 0 Å². The average molecular weight is 316 g/mol. The third kappa shape index (κ3) is 2.44. The number of aryl methyl sites for hydroxylation is 1. The number of rotatable bonds is 3. The van der Waals surface area contributed by atoms with E-state index in [2.05, 4.69) is 10.1 Å². The molecule has 0 spiro atoms. The molecule has 0 fully saturated rings. The zero-order valence-corrected chi connectivity index (χ0v) is 13.0. The third-order valence-electron chi connectivity index (χ3n) is 3.25. The van der Waals surface area contributed by atoms with Crippen LogP contribution in [0.1, 0.15) is 23.1 Å². The summed E-state index contributed by atoms with van der Waals surface area (Å²) in [6, 6.07) is 11.1. The van der Waals surface area contributed by atoms with Crippen molar-refractivity contribution < 1.29 is 9.53 Å². The van der Waals surface area contributed by atoms with Crippen molar-refractivity contribution >= 4 is 28.6 Å². The fourth-order valence-corrected chi connectivity index (χ4v) is 2.62. The van der Waals surface area contributed by atoms with Crippen LogP contribution in [0.15, 0.2) is 36.4 Å². The van der Waals surface area contributed by atoms with Gasteiger partial charge in [0.05, 0.1) is 28.4 Å². The Balaban J connectivity index is 2.24. The van der Waals surface area contributed by atoms with Crippen molar-refractivity contribution in [2.45, 2.75) is 13.8 Å². The van der Waals surface area contributed by atoms with Crippen molar-refractivity contribution in [3.63, 3.8) is 0 Å². The molecule has 0 aliphatic rings. The van der Waals surface area contributed by atoms with E-state index >= 15 is 0 Å². The zero-order chi connectivity index (χ0) is 15.7. The van der Waals surface area contributed by atoms with Crippen molar-refractivity contribution in [2.75, 3.05) is 6.61 Å². The summed E-state index contributed by atoms with van der Waals surface area (Å²) in [5.74, 6) is -0.496. The molecule has 22 heavy (non-hydrogen) atoms. The van der Waals surface area contributed by atoms with Gasteiger partial charge in [0, 0.05) is 0 Å². The van der Waals surface area contributed by atoms with E-state index in [4.69, 9.17) is 16.3 Å². The quantitative estimate of drug-likeness (QED) is 0.693. The van der Waals surface area contributed by atoms with E-state index in [0.717, 1.165) is 16.8 Å². The van der Waals surface area contributed by atoms with Gasteiger partial charge in [0.2, 0.25) is 0 Å². The number of ether oxygens (including phenoxy) is 1. The molecule has 0 atom stereocenters. The number of nitrogens with zero attached hydrogens (tertiary/aromatic N) is 3. The fraction of sp³-hybridized carbons (Fsp3) is 0.188. The molecule has 0 saturated heterocycles. The number of para-hydroxylation sites is 1. The van der Waals surface area contributed by atoms with Crippen LogP contribution in [0, 0.1) is 6.92 Å². The number of halogens is 1. The van der Waals surface area contributed by atoms with E-state index in [1.807, 2.05) is 37.3 Å². The van der Waals surface area contributed by atoms with Crippen LogP contribution < -0.4 is 0 Å². The maximum Gasteiger partial charge on any atom is 0.357 e. The molecule has 0 bridgehead atoms. The molecule has 112 valence electrons. The summed E-state index contributed by atoms with van der Waals surface area (Å²) in [7, 11) is 0. The number of fused-ring (bicyclic) bond motifs is 1. The van der Waals surface area contributed by atoms with E-state index in [1.54, 1.807) is 11.6 Å². The number of hydrogen-bond acceptors (Lipinski definition) is 4. The molecule has 5 nitrogen and oxygen atoms in total. The Bertz CT molecular complexity index is 843. The van der Waals surface area contributed by atoms with Gasteiger partial charge < -0.3 is 4.74 Å². The van der Waals surface area contributed by atoms with Gasteiger partial charge in [-0.2, -0.15) is 5.10 Å². The van der Waals surface area contributed by atoms with Gasteiger partial charge in [-0.15, -0.1) is 0 Å². The van der Waals surface area contributed by atoms with Crippen molar-refractivity contribution in [1.29, 1.82) is 0 Å². The Morgan fingerprint density at radius 3 is 2.73 bits per heavy atom. The minimum Gasteiger partial charge on any atom is -0.461 e. The van der Waals surface area contributed by atoms with Crippen LogP contribution in [-0.2, 0) is 4.74 Å². The lowest BCUT2D eigenvalue weighted by molar-refractivity contribution is 0.0520.